The number of anilines is 1. The lowest BCUT2D eigenvalue weighted by Gasteiger charge is -2.36. The molecule has 0 fully saturated rings. The molecule has 1 unspecified atom stereocenters. The van der Waals surface area contributed by atoms with Crippen molar-refractivity contribution < 1.29 is 53.1 Å². The summed E-state index contributed by atoms with van der Waals surface area (Å²) in [5, 5.41) is 9.22. The van der Waals surface area contributed by atoms with Crippen molar-refractivity contribution in [3.63, 3.8) is 0 Å². The monoisotopic (exact) mass is 588 g/mol. The van der Waals surface area contributed by atoms with Crippen LogP contribution in [-0.4, -0.2) is 24.2 Å². The average molecular weight is 590 g/mol. The quantitative estimate of drug-likeness (QED) is 0.377. The fraction of sp³-hybridized carbons (Fsp3) is 0.222. The molecule has 1 amide bonds. The van der Waals surface area contributed by atoms with Gasteiger partial charge < -0.3 is 5.32 Å². The Bertz CT molecular complexity index is 1170. The minimum Gasteiger partial charge on any atom is -0.320 e. The van der Waals surface area contributed by atoms with Gasteiger partial charge in [-0.1, -0.05) is 11.6 Å². The molecular formula is C18H5BrClF11N2O. The molecule has 16 heteroatoms. The number of hydrogen-bond acceptors (Lipinski definition) is 2. The summed E-state index contributed by atoms with van der Waals surface area (Å²) in [6.45, 7) is 0. The third kappa shape index (κ3) is 4.40. The van der Waals surface area contributed by atoms with Gasteiger partial charge in [-0.3, -0.25) is 4.79 Å². The summed E-state index contributed by atoms with van der Waals surface area (Å²) >= 11 is 8.05. The van der Waals surface area contributed by atoms with Crippen LogP contribution in [0.2, 0.25) is 5.02 Å². The van der Waals surface area contributed by atoms with Crippen LogP contribution in [0.15, 0.2) is 28.7 Å². The second kappa shape index (κ2) is 8.88. The Morgan fingerprint density at radius 1 is 0.941 bits per heavy atom. The molecule has 0 aromatic heterocycles. The van der Waals surface area contributed by atoms with Crippen LogP contribution in [0.1, 0.15) is 21.5 Å². The molecule has 0 saturated carbocycles. The largest absolute Gasteiger partial charge is 0.457 e. The van der Waals surface area contributed by atoms with Crippen molar-refractivity contribution in [2.45, 2.75) is 23.9 Å². The number of nitriles is 1. The zero-order valence-corrected chi connectivity index (χ0v) is 17.9. The van der Waals surface area contributed by atoms with E-state index < -0.39 is 73.4 Å². The van der Waals surface area contributed by atoms with Gasteiger partial charge in [0.05, 0.1) is 21.8 Å². The molecule has 0 radical (unpaired) electrons. The van der Waals surface area contributed by atoms with Crippen LogP contribution in [0.3, 0.4) is 0 Å². The first-order chi connectivity index (χ1) is 15.3. The maximum absolute atomic E-state index is 14.6. The molecule has 0 aliphatic rings. The first-order valence-corrected chi connectivity index (χ1v) is 9.37. The second-order valence-corrected chi connectivity index (χ2v) is 7.66. The molecule has 2 rings (SSSR count). The summed E-state index contributed by atoms with van der Waals surface area (Å²) in [6, 6.07) is 2.23. The van der Waals surface area contributed by atoms with E-state index in [1.807, 2.05) is 0 Å². The maximum Gasteiger partial charge on any atom is 0.457 e. The third-order valence-electron chi connectivity index (χ3n) is 4.31. The van der Waals surface area contributed by atoms with Crippen LogP contribution in [0.5, 0.6) is 0 Å². The van der Waals surface area contributed by atoms with Gasteiger partial charge in [-0.25, -0.2) is 13.2 Å². The van der Waals surface area contributed by atoms with Gasteiger partial charge in [-0.2, -0.15) is 40.4 Å². The molecule has 0 bridgehead atoms. The first kappa shape index (κ1) is 27.6. The van der Waals surface area contributed by atoms with E-state index in [1.165, 1.54) is 6.07 Å². The average Bonchev–Trinajstić information content (AvgIpc) is 2.69. The Morgan fingerprint density at radius 2 is 1.50 bits per heavy atom. The van der Waals surface area contributed by atoms with Gasteiger partial charge in [-0.15, -0.1) is 0 Å². The number of amides is 1. The van der Waals surface area contributed by atoms with Crippen molar-refractivity contribution in [2.24, 2.45) is 0 Å². The Balaban J connectivity index is 2.60. The van der Waals surface area contributed by atoms with Crippen LogP contribution < -0.4 is 5.32 Å². The molecule has 0 spiro atoms. The van der Waals surface area contributed by atoms with Crippen molar-refractivity contribution in [1.29, 1.82) is 5.26 Å². The van der Waals surface area contributed by atoms with Gasteiger partial charge in [0, 0.05) is 10.0 Å². The molecule has 0 saturated heterocycles. The predicted molar refractivity (Wildman–Crippen MR) is 98.0 cm³/mol. The van der Waals surface area contributed by atoms with Gasteiger partial charge in [0.1, 0.15) is 6.07 Å². The second-order valence-electron chi connectivity index (χ2n) is 6.40. The Kier molecular flexibility index (Phi) is 7.22. The van der Waals surface area contributed by atoms with Gasteiger partial charge >= 0.3 is 23.9 Å². The summed E-state index contributed by atoms with van der Waals surface area (Å²) in [4.78, 5) is 12.2. The summed E-state index contributed by atoms with van der Waals surface area (Å²) in [5.41, 5.74) is -11.2. The van der Waals surface area contributed by atoms with Crippen molar-refractivity contribution in [1.82, 2.24) is 0 Å². The van der Waals surface area contributed by atoms with E-state index in [1.54, 1.807) is 5.32 Å². The molecule has 2 aromatic rings. The molecule has 1 N–H and O–H groups in total. The fourth-order valence-electron chi connectivity index (χ4n) is 2.60. The minimum atomic E-state index is -6.97. The topological polar surface area (TPSA) is 52.9 Å². The van der Waals surface area contributed by atoms with E-state index in [-0.39, 0.29) is 12.1 Å². The molecule has 34 heavy (non-hydrogen) atoms. The van der Waals surface area contributed by atoms with Gasteiger partial charge in [0.2, 0.25) is 0 Å². The van der Waals surface area contributed by atoms with Crippen LogP contribution in [0, 0.1) is 23.0 Å². The number of nitrogens with zero attached hydrogens (tertiary/aromatic N) is 1. The standard InChI is InChI=1S/C18H5BrClF11N2O/c19-9-3-7(15(23,17(26,27)28)16(24,25)18(29,30)31)4-10(20)13(9)33-14(34)8-2-1-6(5-32)11(21)12(8)22/h1-4H,(H,33,34). The lowest BCUT2D eigenvalue weighted by atomic mass is 9.87. The smallest absolute Gasteiger partial charge is 0.320 e. The molecule has 0 heterocycles. The van der Waals surface area contributed by atoms with E-state index in [4.69, 9.17) is 16.9 Å². The zero-order valence-electron chi connectivity index (χ0n) is 15.6. The van der Waals surface area contributed by atoms with E-state index in [2.05, 4.69) is 15.9 Å². The minimum absolute atomic E-state index is 0.148. The van der Waals surface area contributed by atoms with Gasteiger partial charge in [0.15, 0.2) is 11.6 Å². The van der Waals surface area contributed by atoms with E-state index in [9.17, 15) is 53.1 Å². The summed E-state index contributed by atoms with van der Waals surface area (Å²) in [5.74, 6) is -12.0. The highest BCUT2D eigenvalue weighted by Gasteiger charge is 2.81. The molecule has 0 aliphatic heterocycles. The summed E-state index contributed by atoms with van der Waals surface area (Å²) in [7, 11) is 0. The van der Waals surface area contributed by atoms with Crippen molar-refractivity contribution in [2.75, 3.05) is 5.32 Å². The maximum atomic E-state index is 14.6. The van der Waals surface area contributed by atoms with E-state index in [0.29, 0.717) is 12.1 Å². The number of halogens is 13. The van der Waals surface area contributed by atoms with Crippen LogP contribution >= 0.6 is 27.5 Å². The number of carbonyl (C=O) groups excluding carboxylic acids is 1. The Labute approximate surface area is 195 Å². The molecule has 3 nitrogen and oxygen atoms in total. The normalized spacial score (nSPS) is 14.4. The van der Waals surface area contributed by atoms with E-state index in [0.717, 1.165) is 0 Å². The molecule has 184 valence electrons. The van der Waals surface area contributed by atoms with Gasteiger partial charge in [-0.05, 0) is 40.2 Å². The first-order valence-electron chi connectivity index (χ1n) is 8.20. The van der Waals surface area contributed by atoms with Gasteiger partial charge in [0.25, 0.3) is 5.91 Å². The Hall–Kier alpha value is -2.60. The third-order valence-corrected chi connectivity index (χ3v) is 5.23. The predicted octanol–water partition coefficient (Wildman–Crippen LogP) is 7.43. The summed E-state index contributed by atoms with van der Waals surface area (Å²) < 4.78 is 146. The molecular weight excluding hydrogens is 585 g/mol. The molecule has 0 aliphatic carbocycles. The van der Waals surface area contributed by atoms with E-state index >= 15 is 0 Å². The number of nitrogens with one attached hydrogen (secondary N) is 1. The number of carbonyl (C=O) groups is 1. The molecule has 2 aromatic carbocycles. The number of alkyl halides is 9. The van der Waals surface area contributed by atoms with Crippen LogP contribution in [0.25, 0.3) is 0 Å². The highest BCUT2D eigenvalue weighted by atomic mass is 79.9. The summed E-state index contributed by atoms with van der Waals surface area (Å²) in [6.07, 6.45) is -13.8. The number of rotatable bonds is 4. The highest BCUT2D eigenvalue weighted by Crippen LogP contribution is 2.59. The fourth-order valence-corrected chi connectivity index (χ4v) is 3.54. The molecule has 1 atom stereocenters. The highest BCUT2D eigenvalue weighted by molar-refractivity contribution is 9.10. The number of benzene rings is 2. The SMILES string of the molecule is N#Cc1ccc(C(=O)Nc2c(Cl)cc(C(F)(C(F)(F)F)C(F)(F)C(F)(F)F)cc2Br)c(F)c1F. The van der Waals surface area contributed by atoms with Crippen molar-refractivity contribution >= 4 is 39.1 Å². The lowest BCUT2D eigenvalue weighted by molar-refractivity contribution is -0.389. The Morgan fingerprint density at radius 3 is 1.94 bits per heavy atom. The zero-order chi connectivity index (χ0) is 26.4. The van der Waals surface area contributed by atoms with Crippen molar-refractivity contribution in [3.8, 4) is 6.07 Å². The van der Waals surface area contributed by atoms with Crippen LogP contribution in [0.4, 0.5) is 54.0 Å². The van der Waals surface area contributed by atoms with Crippen LogP contribution in [-0.2, 0) is 5.67 Å². The van der Waals surface area contributed by atoms with Crippen molar-refractivity contribution in [3.05, 3.63) is 62.1 Å². The lowest BCUT2D eigenvalue weighted by Crippen LogP contribution is -2.59. The number of hydrogen-bond donors (Lipinski definition) is 1.